The second-order valence-electron chi connectivity index (χ2n) is 4.83. The summed E-state index contributed by atoms with van der Waals surface area (Å²) in [7, 11) is 2.10. The molecule has 0 atom stereocenters. The van der Waals surface area contributed by atoms with Gasteiger partial charge in [-0.1, -0.05) is 38.5 Å². The maximum atomic E-state index is 8.51. The monoisotopic (exact) mass is 236 g/mol. The largest absolute Gasteiger partial charge is 0.306 e. The molecule has 0 aromatic carbocycles. The highest BCUT2D eigenvalue weighted by Crippen LogP contribution is 2.15. The van der Waals surface area contributed by atoms with E-state index in [-0.39, 0.29) is 0 Å². The summed E-state index contributed by atoms with van der Waals surface area (Å²) in [5.74, 6) is 0.334. The number of hydrogen-bond acceptors (Lipinski definition) is 2. The molecule has 1 aliphatic heterocycles. The summed E-state index contributed by atoms with van der Waals surface area (Å²) >= 11 is 0. The van der Waals surface area contributed by atoms with Crippen molar-refractivity contribution in [1.29, 1.82) is 5.26 Å². The molecule has 17 heavy (non-hydrogen) atoms. The summed E-state index contributed by atoms with van der Waals surface area (Å²) < 4.78 is 0. The molecule has 0 aromatic rings. The fourth-order valence-corrected chi connectivity index (χ4v) is 2.20. The van der Waals surface area contributed by atoms with E-state index in [0.29, 0.717) is 5.92 Å². The molecule has 0 bridgehead atoms. The van der Waals surface area contributed by atoms with Crippen molar-refractivity contribution in [2.45, 2.75) is 51.4 Å². The molecule has 0 radical (unpaired) electrons. The van der Waals surface area contributed by atoms with Crippen LogP contribution in [-0.4, -0.2) is 25.0 Å². The normalized spacial score (nSPS) is 21.2. The van der Waals surface area contributed by atoms with E-state index in [1.54, 1.807) is 0 Å². The molecule has 98 valence electrons. The molecule has 1 heterocycles. The predicted molar refractivity (Wildman–Crippen MR) is 74.8 cm³/mol. The summed E-state index contributed by atoms with van der Waals surface area (Å²) in [4.78, 5) is 2.27. The van der Waals surface area contributed by atoms with E-state index >= 15 is 0 Å². The van der Waals surface area contributed by atoms with Crippen LogP contribution in [-0.2, 0) is 0 Å². The molecular formula is C15H28N2. The maximum absolute atomic E-state index is 8.51. The van der Waals surface area contributed by atoms with Crippen molar-refractivity contribution in [3.05, 3.63) is 13.2 Å². The van der Waals surface area contributed by atoms with Crippen LogP contribution in [0.3, 0.4) is 0 Å². The van der Waals surface area contributed by atoms with Crippen molar-refractivity contribution in [1.82, 2.24) is 4.90 Å². The molecule has 0 spiro atoms. The van der Waals surface area contributed by atoms with E-state index in [9.17, 15) is 0 Å². The Kier molecular flexibility index (Phi) is 11.1. The van der Waals surface area contributed by atoms with Crippen molar-refractivity contribution in [2.24, 2.45) is 5.92 Å². The molecule has 2 nitrogen and oxygen atoms in total. The zero-order valence-corrected chi connectivity index (χ0v) is 11.5. The SMILES string of the molecule is C1CCCCC1.C=C.CN1CCC(C#N)CC1. The fourth-order valence-electron chi connectivity index (χ4n) is 2.20. The first-order chi connectivity index (χ1) is 8.33. The minimum absolute atomic E-state index is 0.334. The summed E-state index contributed by atoms with van der Waals surface area (Å²) in [6.45, 7) is 8.19. The van der Waals surface area contributed by atoms with Crippen LogP contribution >= 0.6 is 0 Å². The number of nitrogens with zero attached hydrogens (tertiary/aromatic N) is 2. The van der Waals surface area contributed by atoms with Crippen molar-refractivity contribution in [3.63, 3.8) is 0 Å². The van der Waals surface area contributed by atoms with Gasteiger partial charge < -0.3 is 4.90 Å². The summed E-state index contributed by atoms with van der Waals surface area (Å²) in [6, 6.07) is 2.30. The van der Waals surface area contributed by atoms with Gasteiger partial charge in [-0.2, -0.15) is 5.26 Å². The van der Waals surface area contributed by atoms with Crippen LogP contribution in [0, 0.1) is 17.2 Å². The molecule has 1 aliphatic carbocycles. The van der Waals surface area contributed by atoms with E-state index in [4.69, 9.17) is 5.26 Å². The molecule has 2 aliphatic rings. The van der Waals surface area contributed by atoms with Crippen LogP contribution in [0.1, 0.15) is 51.4 Å². The Bertz CT molecular complexity index is 184. The van der Waals surface area contributed by atoms with Gasteiger partial charge in [-0.15, -0.1) is 13.2 Å². The van der Waals surface area contributed by atoms with Gasteiger partial charge in [-0.05, 0) is 33.0 Å². The lowest BCUT2D eigenvalue weighted by Gasteiger charge is -2.24. The number of likely N-dealkylation sites (tertiary alicyclic amines) is 1. The van der Waals surface area contributed by atoms with Gasteiger partial charge in [0.05, 0.1) is 6.07 Å². The first-order valence-corrected chi connectivity index (χ1v) is 6.91. The third-order valence-corrected chi connectivity index (χ3v) is 3.40. The zero-order valence-electron chi connectivity index (χ0n) is 11.5. The lowest BCUT2D eigenvalue weighted by molar-refractivity contribution is 0.247. The maximum Gasteiger partial charge on any atom is 0.0656 e. The van der Waals surface area contributed by atoms with Crippen LogP contribution in [0.5, 0.6) is 0 Å². The van der Waals surface area contributed by atoms with Crippen molar-refractivity contribution in [3.8, 4) is 6.07 Å². The molecule has 0 N–H and O–H groups in total. The summed E-state index contributed by atoms with van der Waals surface area (Å²) in [5.41, 5.74) is 0. The van der Waals surface area contributed by atoms with Gasteiger partial charge in [-0.25, -0.2) is 0 Å². The molecule has 0 aromatic heterocycles. The molecule has 2 fully saturated rings. The Morgan fingerprint density at radius 3 is 1.59 bits per heavy atom. The Hall–Kier alpha value is -0.810. The second kappa shape index (κ2) is 11.7. The molecular weight excluding hydrogens is 208 g/mol. The van der Waals surface area contributed by atoms with Crippen LogP contribution in [0.4, 0.5) is 0 Å². The minimum Gasteiger partial charge on any atom is -0.306 e. The Balaban J connectivity index is 0.000000278. The van der Waals surface area contributed by atoms with E-state index in [1.165, 1.54) is 38.5 Å². The Labute approximate surface area is 107 Å². The molecule has 0 amide bonds. The van der Waals surface area contributed by atoms with Gasteiger partial charge in [-0.3, -0.25) is 0 Å². The third kappa shape index (κ3) is 8.94. The van der Waals surface area contributed by atoms with Crippen LogP contribution < -0.4 is 0 Å². The number of piperidine rings is 1. The molecule has 2 heteroatoms. The van der Waals surface area contributed by atoms with Gasteiger partial charge in [0, 0.05) is 5.92 Å². The van der Waals surface area contributed by atoms with Crippen molar-refractivity contribution < 1.29 is 0 Å². The van der Waals surface area contributed by atoms with Crippen LogP contribution in [0.2, 0.25) is 0 Å². The van der Waals surface area contributed by atoms with Gasteiger partial charge >= 0.3 is 0 Å². The number of rotatable bonds is 0. The lowest BCUT2D eigenvalue weighted by atomic mass is 9.99. The van der Waals surface area contributed by atoms with Gasteiger partial charge in [0.25, 0.3) is 0 Å². The highest BCUT2D eigenvalue weighted by atomic mass is 15.1. The quantitative estimate of drug-likeness (QED) is 0.595. The summed E-state index contributed by atoms with van der Waals surface area (Å²) in [6.07, 6.45) is 11.1. The van der Waals surface area contributed by atoms with Crippen molar-refractivity contribution in [2.75, 3.05) is 20.1 Å². The number of hydrogen-bond donors (Lipinski definition) is 0. The van der Waals surface area contributed by atoms with Crippen molar-refractivity contribution >= 4 is 0 Å². The van der Waals surface area contributed by atoms with E-state index in [2.05, 4.69) is 31.2 Å². The van der Waals surface area contributed by atoms with E-state index < -0.39 is 0 Å². The highest BCUT2D eigenvalue weighted by molar-refractivity contribution is 4.86. The first-order valence-electron chi connectivity index (χ1n) is 6.91. The van der Waals surface area contributed by atoms with Gasteiger partial charge in [0.1, 0.15) is 0 Å². The van der Waals surface area contributed by atoms with Crippen LogP contribution in [0.15, 0.2) is 13.2 Å². The first kappa shape index (κ1) is 16.2. The van der Waals surface area contributed by atoms with E-state index in [0.717, 1.165) is 25.9 Å². The van der Waals surface area contributed by atoms with Crippen LogP contribution in [0.25, 0.3) is 0 Å². The standard InChI is InChI=1S/C7H12N2.C6H12.C2H4/c1-9-4-2-7(6-8)3-5-9;1-2-4-6-5-3-1;1-2/h7H,2-5H2,1H3;1-6H2;1-2H2. The average molecular weight is 236 g/mol. The Morgan fingerprint density at radius 1 is 0.941 bits per heavy atom. The number of nitriles is 1. The fraction of sp³-hybridized carbons (Fsp3) is 0.800. The molecule has 1 saturated carbocycles. The minimum atomic E-state index is 0.334. The Morgan fingerprint density at radius 2 is 1.29 bits per heavy atom. The van der Waals surface area contributed by atoms with Gasteiger partial charge in [0.15, 0.2) is 0 Å². The molecule has 2 rings (SSSR count). The summed E-state index contributed by atoms with van der Waals surface area (Å²) in [5, 5.41) is 8.51. The topological polar surface area (TPSA) is 27.0 Å². The average Bonchev–Trinajstić information content (AvgIpc) is 2.44. The molecule has 0 unspecified atom stereocenters. The van der Waals surface area contributed by atoms with E-state index in [1.807, 2.05) is 0 Å². The highest BCUT2D eigenvalue weighted by Gasteiger charge is 2.14. The predicted octanol–water partition coefficient (Wildman–Crippen LogP) is 3.99. The smallest absolute Gasteiger partial charge is 0.0656 e. The second-order valence-corrected chi connectivity index (χ2v) is 4.83. The third-order valence-electron chi connectivity index (χ3n) is 3.40. The lowest BCUT2D eigenvalue weighted by Crippen LogP contribution is -2.29. The molecule has 1 saturated heterocycles. The van der Waals surface area contributed by atoms with Gasteiger partial charge in [0.2, 0.25) is 0 Å². The zero-order chi connectivity index (χ0) is 12.9.